The summed E-state index contributed by atoms with van der Waals surface area (Å²) in [5.74, 6) is -0.218. The third-order valence-electron chi connectivity index (χ3n) is 4.78. The summed E-state index contributed by atoms with van der Waals surface area (Å²) in [5, 5.41) is 11.9. The second-order valence-electron chi connectivity index (χ2n) is 6.62. The van der Waals surface area contributed by atoms with Gasteiger partial charge >= 0.3 is 5.97 Å². The molecule has 1 saturated heterocycles. The van der Waals surface area contributed by atoms with E-state index in [1.54, 1.807) is 13.8 Å². The molecule has 0 spiro atoms. The highest BCUT2D eigenvalue weighted by molar-refractivity contribution is 5.82. The summed E-state index contributed by atoms with van der Waals surface area (Å²) in [5.41, 5.74) is -1.06. The van der Waals surface area contributed by atoms with Crippen LogP contribution < -0.4 is 5.32 Å². The fourth-order valence-corrected chi connectivity index (χ4v) is 3.41. The van der Waals surface area contributed by atoms with Gasteiger partial charge in [-0.05, 0) is 45.4 Å². The maximum atomic E-state index is 12.4. The van der Waals surface area contributed by atoms with Crippen molar-refractivity contribution in [1.29, 1.82) is 0 Å². The van der Waals surface area contributed by atoms with Crippen molar-refractivity contribution in [3.05, 3.63) is 0 Å². The average Bonchev–Trinajstić information content (AvgIpc) is 2.44. The van der Waals surface area contributed by atoms with Gasteiger partial charge in [-0.1, -0.05) is 12.8 Å². The molecule has 2 unspecified atom stereocenters. The molecule has 1 heterocycles. The van der Waals surface area contributed by atoms with E-state index in [1.165, 1.54) is 25.7 Å². The highest BCUT2D eigenvalue weighted by Gasteiger charge is 2.36. The molecule has 0 radical (unpaired) electrons. The number of hydrogen-bond acceptors (Lipinski definition) is 3. The van der Waals surface area contributed by atoms with Crippen molar-refractivity contribution < 1.29 is 14.7 Å². The van der Waals surface area contributed by atoms with E-state index in [0.29, 0.717) is 12.0 Å². The molecule has 2 N–H and O–H groups in total. The van der Waals surface area contributed by atoms with Gasteiger partial charge in [0.1, 0.15) is 5.54 Å². The monoisotopic (exact) mass is 282 g/mol. The summed E-state index contributed by atoms with van der Waals surface area (Å²) in [6, 6.07) is 0.389. The molecule has 2 atom stereocenters. The third-order valence-corrected chi connectivity index (χ3v) is 4.78. The predicted molar refractivity (Wildman–Crippen MR) is 76.4 cm³/mol. The summed E-state index contributed by atoms with van der Waals surface area (Å²) in [6.45, 7) is 4.11. The Labute approximate surface area is 120 Å². The number of carbonyl (C=O) groups is 2. The number of piperidine rings is 1. The molecule has 2 fully saturated rings. The minimum atomic E-state index is -1.06. The van der Waals surface area contributed by atoms with Gasteiger partial charge in [0, 0.05) is 12.6 Å². The van der Waals surface area contributed by atoms with Gasteiger partial charge in [-0.3, -0.25) is 14.9 Å². The molecule has 1 aliphatic carbocycles. The van der Waals surface area contributed by atoms with Crippen molar-refractivity contribution in [2.45, 2.75) is 64.0 Å². The van der Waals surface area contributed by atoms with Gasteiger partial charge in [0.05, 0.1) is 6.54 Å². The smallest absolute Gasteiger partial charge is 0.323 e. The second kappa shape index (κ2) is 6.12. The largest absolute Gasteiger partial charge is 0.480 e. The molecule has 20 heavy (non-hydrogen) atoms. The van der Waals surface area contributed by atoms with Gasteiger partial charge in [-0.25, -0.2) is 0 Å². The Bertz CT molecular complexity index is 379. The van der Waals surface area contributed by atoms with Crippen LogP contribution in [-0.4, -0.2) is 46.6 Å². The quantitative estimate of drug-likeness (QED) is 0.822. The number of rotatable bonds is 4. The maximum Gasteiger partial charge on any atom is 0.323 e. The predicted octanol–water partition coefficient (Wildman–Crippen LogP) is 1.62. The van der Waals surface area contributed by atoms with Gasteiger partial charge in [0.2, 0.25) is 5.91 Å². The lowest BCUT2D eigenvalue weighted by Crippen LogP contribution is -2.55. The van der Waals surface area contributed by atoms with Crippen molar-refractivity contribution >= 4 is 11.9 Å². The normalized spacial score (nSPS) is 27.0. The first-order valence-electron chi connectivity index (χ1n) is 7.70. The van der Waals surface area contributed by atoms with Gasteiger partial charge in [0.15, 0.2) is 0 Å². The molecule has 0 aromatic carbocycles. The minimum Gasteiger partial charge on any atom is -0.480 e. The average molecular weight is 282 g/mol. The summed E-state index contributed by atoms with van der Waals surface area (Å²) in [6.07, 6.45) is 7.16. The lowest BCUT2D eigenvalue weighted by molar-refractivity contribution is -0.144. The van der Waals surface area contributed by atoms with Crippen molar-refractivity contribution in [2.24, 2.45) is 5.92 Å². The zero-order valence-corrected chi connectivity index (χ0v) is 12.5. The summed E-state index contributed by atoms with van der Waals surface area (Å²) in [4.78, 5) is 25.4. The molecule has 0 aromatic heterocycles. The van der Waals surface area contributed by atoms with Crippen molar-refractivity contribution in [3.63, 3.8) is 0 Å². The molecular formula is C15H26N2O3. The van der Waals surface area contributed by atoms with Crippen LogP contribution in [0.2, 0.25) is 0 Å². The van der Waals surface area contributed by atoms with Gasteiger partial charge in [-0.2, -0.15) is 0 Å². The number of likely N-dealkylation sites (tertiary alicyclic amines) is 1. The van der Waals surface area contributed by atoms with Crippen LogP contribution in [0.5, 0.6) is 0 Å². The first-order chi connectivity index (χ1) is 9.42. The number of carboxylic acids is 1. The van der Waals surface area contributed by atoms with E-state index in [4.69, 9.17) is 5.11 Å². The first kappa shape index (κ1) is 15.3. The standard InChI is InChI=1S/C15H26N2O3/c1-15(2,14(19)20)16-10-13(18)17-9-5-7-11-6-3-4-8-12(11)17/h11-12,16H,3-10H2,1-2H3,(H,19,20). The number of carbonyl (C=O) groups excluding carboxylic acids is 1. The Kier molecular flexibility index (Phi) is 4.68. The fourth-order valence-electron chi connectivity index (χ4n) is 3.41. The molecule has 114 valence electrons. The molecule has 2 rings (SSSR count). The van der Waals surface area contributed by atoms with E-state index >= 15 is 0 Å². The topological polar surface area (TPSA) is 69.6 Å². The van der Waals surface area contributed by atoms with Crippen LogP contribution in [0.15, 0.2) is 0 Å². The Hall–Kier alpha value is -1.10. The molecular weight excluding hydrogens is 256 g/mol. The Morgan fingerprint density at radius 1 is 1.20 bits per heavy atom. The molecule has 5 heteroatoms. The fraction of sp³-hybridized carbons (Fsp3) is 0.867. The van der Waals surface area contributed by atoms with E-state index in [9.17, 15) is 9.59 Å². The van der Waals surface area contributed by atoms with Crippen LogP contribution in [-0.2, 0) is 9.59 Å². The number of carboxylic acid groups (broad SMARTS) is 1. The number of nitrogens with one attached hydrogen (secondary N) is 1. The lowest BCUT2D eigenvalue weighted by Gasteiger charge is -2.44. The highest BCUT2D eigenvalue weighted by Crippen LogP contribution is 2.35. The lowest BCUT2D eigenvalue weighted by atomic mass is 9.78. The minimum absolute atomic E-state index is 0.0518. The highest BCUT2D eigenvalue weighted by atomic mass is 16.4. The van der Waals surface area contributed by atoms with E-state index in [-0.39, 0.29) is 12.5 Å². The van der Waals surface area contributed by atoms with E-state index < -0.39 is 11.5 Å². The molecule has 2 aliphatic rings. The van der Waals surface area contributed by atoms with Crippen LogP contribution in [0.25, 0.3) is 0 Å². The van der Waals surface area contributed by atoms with Crippen LogP contribution in [0.3, 0.4) is 0 Å². The molecule has 1 saturated carbocycles. The third kappa shape index (κ3) is 3.32. The molecule has 5 nitrogen and oxygen atoms in total. The Morgan fingerprint density at radius 2 is 1.85 bits per heavy atom. The molecule has 0 aromatic rings. The number of hydrogen-bond donors (Lipinski definition) is 2. The number of aliphatic carboxylic acids is 1. The summed E-state index contributed by atoms with van der Waals surface area (Å²) < 4.78 is 0. The van der Waals surface area contributed by atoms with Crippen molar-refractivity contribution in [2.75, 3.05) is 13.1 Å². The number of nitrogens with zero attached hydrogens (tertiary/aromatic N) is 1. The Morgan fingerprint density at radius 3 is 2.55 bits per heavy atom. The van der Waals surface area contributed by atoms with Crippen LogP contribution in [0, 0.1) is 5.92 Å². The molecule has 0 bridgehead atoms. The maximum absolute atomic E-state index is 12.4. The van der Waals surface area contributed by atoms with E-state index in [0.717, 1.165) is 19.4 Å². The number of amides is 1. The van der Waals surface area contributed by atoms with Crippen LogP contribution in [0.1, 0.15) is 52.4 Å². The van der Waals surface area contributed by atoms with Gasteiger partial charge < -0.3 is 10.0 Å². The van der Waals surface area contributed by atoms with Crippen molar-refractivity contribution in [3.8, 4) is 0 Å². The number of fused-ring (bicyclic) bond motifs is 1. The van der Waals surface area contributed by atoms with Gasteiger partial charge in [-0.15, -0.1) is 0 Å². The second-order valence-corrected chi connectivity index (χ2v) is 6.62. The summed E-state index contributed by atoms with van der Waals surface area (Å²) in [7, 11) is 0. The summed E-state index contributed by atoms with van der Waals surface area (Å²) >= 11 is 0. The molecule has 1 aliphatic heterocycles. The Balaban J connectivity index is 1.92. The first-order valence-corrected chi connectivity index (χ1v) is 7.70. The van der Waals surface area contributed by atoms with Crippen LogP contribution in [0.4, 0.5) is 0 Å². The zero-order valence-electron chi connectivity index (χ0n) is 12.5. The SMILES string of the molecule is CC(C)(NCC(=O)N1CCCC2CCCCC21)C(=O)O. The zero-order chi connectivity index (χ0) is 14.8. The van der Waals surface area contributed by atoms with Crippen LogP contribution >= 0.6 is 0 Å². The van der Waals surface area contributed by atoms with E-state index in [1.807, 2.05) is 4.90 Å². The van der Waals surface area contributed by atoms with Gasteiger partial charge in [0.25, 0.3) is 0 Å². The van der Waals surface area contributed by atoms with E-state index in [2.05, 4.69) is 5.32 Å². The van der Waals surface area contributed by atoms with Crippen molar-refractivity contribution in [1.82, 2.24) is 10.2 Å². The molecule has 1 amide bonds.